The molecular weight excluding hydrogens is 418 g/mol. The number of nitrogens with zero attached hydrogens (tertiary/aromatic N) is 4. The minimum atomic E-state index is 0.589. The summed E-state index contributed by atoms with van der Waals surface area (Å²) in [5.41, 5.74) is 7.23. The summed E-state index contributed by atoms with van der Waals surface area (Å²) in [4.78, 5) is 9.40. The number of hydrogen-bond acceptors (Lipinski definition) is 4. The van der Waals surface area contributed by atoms with Gasteiger partial charge in [-0.3, -0.25) is 9.88 Å². The lowest BCUT2D eigenvalue weighted by atomic mass is 10.1. The number of fused-ring (bicyclic) bond motifs is 1. The monoisotopic (exact) mass is 451 g/mol. The molecule has 0 aliphatic carbocycles. The van der Waals surface area contributed by atoms with Crippen molar-refractivity contribution >= 4 is 17.2 Å². The average Bonchev–Trinajstić information content (AvgIpc) is 3.17. The second-order valence-electron chi connectivity index (χ2n) is 9.65. The van der Waals surface area contributed by atoms with Gasteiger partial charge in [0, 0.05) is 48.8 Å². The topological polar surface area (TPSA) is 36.3 Å². The van der Waals surface area contributed by atoms with Crippen molar-refractivity contribution in [3.8, 4) is 11.3 Å². The van der Waals surface area contributed by atoms with Crippen LogP contribution in [0.1, 0.15) is 25.0 Å². The summed E-state index contributed by atoms with van der Waals surface area (Å²) in [6.45, 7) is 8.32. The second-order valence-corrected chi connectivity index (χ2v) is 9.65. The van der Waals surface area contributed by atoms with Gasteiger partial charge in [-0.2, -0.15) is 0 Å². The van der Waals surface area contributed by atoms with E-state index in [1.165, 1.54) is 22.6 Å². The highest BCUT2D eigenvalue weighted by molar-refractivity contribution is 5.77. The average molecular weight is 452 g/mol. The smallest absolute Gasteiger partial charge is 0.135 e. The first-order chi connectivity index (χ1) is 16.6. The minimum Gasteiger partial charge on any atom is -0.355 e. The first-order valence-electron chi connectivity index (χ1n) is 12.0. The Morgan fingerprint density at radius 1 is 0.941 bits per heavy atom. The van der Waals surface area contributed by atoms with Crippen molar-refractivity contribution in [2.45, 2.75) is 26.9 Å². The Morgan fingerprint density at radius 2 is 1.71 bits per heavy atom. The molecule has 5 rings (SSSR count). The number of nitrogens with one attached hydrogen (secondary N) is 1. The van der Waals surface area contributed by atoms with Gasteiger partial charge >= 0.3 is 0 Å². The zero-order valence-corrected chi connectivity index (χ0v) is 20.3. The van der Waals surface area contributed by atoms with Gasteiger partial charge in [-0.25, -0.2) is 0 Å². The van der Waals surface area contributed by atoms with E-state index in [1.54, 1.807) is 0 Å². The van der Waals surface area contributed by atoms with Crippen molar-refractivity contribution in [3.63, 3.8) is 0 Å². The molecule has 0 saturated carbocycles. The summed E-state index contributed by atoms with van der Waals surface area (Å²) < 4.78 is 2.37. The van der Waals surface area contributed by atoms with Crippen LogP contribution in [0.3, 0.4) is 0 Å². The molecule has 0 bridgehead atoms. The maximum absolute atomic E-state index is 4.48. The van der Waals surface area contributed by atoms with Gasteiger partial charge in [0.1, 0.15) is 5.82 Å². The van der Waals surface area contributed by atoms with Crippen LogP contribution in [0.15, 0.2) is 85.2 Å². The van der Waals surface area contributed by atoms with E-state index in [0.717, 1.165) is 43.2 Å². The van der Waals surface area contributed by atoms with Crippen molar-refractivity contribution in [1.82, 2.24) is 14.5 Å². The number of hydrogen-bond donors (Lipinski definition) is 1. The molecule has 0 saturated heterocycles. The van der Waals surface area contributed by atoms with Crippen LogP contribution in [0, 0.1) is 5.92 Å². The van der Waals surface area contributed by atoms with Gasteiger partial charge in [0.2, 0.25) is 0 Å². The van der Waals surface area contributed by atoms with Crippen LogP contribution in [0.25, 0.3) is 11.3 Å². The Morgan fingerprint density at radius 3 is 2.41 bits per heavy atom. The summed E-state index contributed by atoms with van der Waals surface area (Å²) in [7, 11) is 2.20. The number of aromatic nitrogens is 2. The van der Waals surface area contributed by atoms with Crippen LogP contribution in [0.5, 0.6) is 0 Å². The van der Waals surface area contributed by atoms with Gasteiger partial charge in [-0.1, -0.05) is 62.4 Å². The molecule has 4 aromatic rings. The zero-order valence-electron chi connectivity index (χ0n) is 20.3. The molecule has 5 nitrogen and oxygen atoms in total. The molecule has 1 aliphatic rings. The number of rotatable bonds is 7. The van der Waals surface area contributed by atoms with E-state index in [0.29, 0.717) is 5.92 Å². The normalized spacial score (nSPS) is 13.8. The third kappa shape index (κ3) is 4.85. The first-order valence-corrected chi connectivity index (χ1v) is 12.0. The number of benzene rings is 2. The molecule has 2 aromatic carbocycles. The molecule has 34 heavy (non-hydrogen) atoms. The van der Waals surface area contributed by atoms with E-state index in [1.807, 2.05) is 18.3 Å². The summed E-state index contributed by atoms with van der Waals surface area (Å²) in [5.74, 6) is 1.76. The number of pyridine rings is 1. The molecule has 0 unspecified atom stereocenters. The number of anilines is 3. The van der Waals surface area contributed by atoms with E-state index < -0.39 is 0 Å². The molecule has 0 amide bonds. The van der Waals surface area contributed by atoms with Crippen LogP contribution in [0.2, 0.25) is 0 Å². The lowest BCUT2D eigenvalue weighted by Crippen LogP contribution is -2.41. The van der Waals surface area contributed by atoms with E-state index in [9.17, 15) is 0 Å². The minimum absolute atomic E-state index is 0.589. The Labute approximate surface area is 202 Å². The molecule has 0 atom stereocenters. The summed E-state index contributed by atoms with van der Waals surface area (Å²) >= 11 is 0. The largest absolute Gasteiger partial charge is 0.355 e. The second kappa shape index (κ2) is 9.74. The predicted octanol–water partition coefficient (Wildman–Crippen LogP) is 6.21. The van der Waals surface area contributed by atoms with E-state index in [-0.39, 0.29) is 0 Å². The highest BCUT2D eigenvalue weighted by Gasteiger charge is 2.27. The van der Waals surface area contributed by atoms with Crippen molar-refractivity contribution in [2.75, 3.05) is 30.5 Å². The van der Waals surface area contributed by atoms with Gasteiger partial charge in [0.25, 0.3) is 0 Å². The van der Waals surface area contributed by atoms with Gasteiger partial charge in [0.05, 0.1) is 18.1 Å². The van der Waals surface area contributed by atoms with Crippen LogP contribution in [-0.4, -0.2) is 34.7 Å². The van der Waals surface area contributed by atoms with Gasteiger partial charge in [0.15, 0.2) is 0 Å². The lowest BCUT2D eigenvalue weighted by Gasteiger charge is -2.36. The predicted molar refractivity (Wildman–Crippen MR) is 141 cm³/mol. The zero-order chi connectivity index (χ0) is 23.5. The highest BCUT2D eigenvalue weighted by Crippen LogP contribution is 2.39. The molecule has 3 heterocycles. The molecule has 0 radical (unpaired) electrons. The van der Waals surface area contributed by atoms with Crippen LogP contribution in [-0.2, 0) is 13.1 Å². The van der Waals surface area contributed by atoms with Crippen molar-refractivity contribution in [2.24, 2.45) is 5.92 Å². The van der Waals surface area contributed by atoms with Crippen LogP contribution in [0.4, 0.5) is 17.2 Å². The third-order valence-electron chi connectivity index (χ3n) is 6.19. The maximum atomic E-state index is 4.48. The standard InChI is InChI=1S/C29H33N5/c1-22(2)17-34-21-32(3)19-25-20-33(29(28(25)34)31-26-9-5-4-6-10-26)18-23-12-14-24(15-13-23)27-11-7-8-16-30-27/h4-16,20,22,31H,17-19,21H2,1-3H3. The molecule has 0 spiro atoms. The summed E-state index contributed by atoms with van der Waals surface area (Å²) in [6, 6.07) is 25.3. The molecule has 2 aromatic heterocycles. The summed E-state index contributed by atoms with van der Waals surface area (Å²) in [6.07, 6.45) is 4.17. The molecule has 1 aliphatic heterocycles. The van der Waals surface area contributed by atoms with E-state index in [2.05, 4.69) is 112 Å². The van der Waals surface area contributed by atoms with Crippen LogP contribution < -0.4 is 10.2 Å². The fourth-order valence-corrected chi connectivity index (χ4v) is 4.79. The van der Waals surface area contributed by atoms with Gasteiger partial charge in [-0.15, -0.1) is 0 Å². The Bertz CT molecular complexity index is 1210. The quantitative estimate of drug-likeness (QED) is 0.363. The first kappa shape index (κ1) is 22.2. The van der Waals surface area contributed by atoms with Gasteiger partial charge in [-0.05, 0) is 42.8 Å². The highest BCUT2D eigenvalue weighted by atomic mass is 15.3. The van der Waals surface area contributed by atoms with E-state index >= 15 is 0 Å². The SMILES string of the molecule is CC(C)CN1CN(C)Cc2cn(Cc3ccc(-c4ccccn4)cc3)c(Nc3ccccc3)c21. The Hall–Kier alpha value is -3.57. The molecule has 174 valence electrons. The third-order valence-corrected chi connectivity index (χ3v) is 6.19. The molecule has 1 N–H and O–H groups in total. The van der Waals surface area contributed by atoms with Crippen molar-refractivity contribution in [3.05, 3.63) is 96.3 Å². The Kier molecular flexibility index (Phi) is 6.37. The number of para-hydroxylation sites is 1. The fourth-order valence-electron chi connectivity index (χ4n) is 4.79. The molecular formula is C29H33N5. The van der Waals surface area contributed by atoms with Crippen LogP contribution >= 0.6 is 0 Å². The summed E-state index contributed by atoms with van der Waals surface area (Å²) in [5, 5.41) is 3.75. The van der Waals surface area contributed by atoms with Crippen molar-refractivity contribution < 1.29 is 0 Å². The maximum Gasteiger partial charge on any atom is 0.135 e. The van der Waals surface area contributed by atoms with Gasteiger partial charge < -0.3 is 14.8 Å². The van der Waals surface area contributed by atoms with Crippen molar-refractivity contribution in [1.29, 1.82) is 0 Å². The molecule has 5 heteroatoms. The lowest BCUT2D eigenvalue weighted by molar-refractivity contribution is 0.304. The fraction of sp³-hybridized carbons (Fsp3) is 0.276. The Balaban J connectivity index is 1.50. The molecule has 0 fully saturated rings. The van der Waals surface area contributed by atoms with E-state index in [4.69, 9.17) is 0 Å².